The molecule has 0 spiro atoms. The minimum Gasteiger partial charge on any atom is -0.380 e. The first-order chi connectivity index (χ1) is 6.23. The van der Waals surface area contributed by atoms with Gasteiger partial charge in [0.05, 0.1) is 25.5 Å². The molecule has 1 rings (SSSR count). The fourth-order valence-electron chi connectivity index (χ4n) is 1.38. The second kappa shape index (κ2) is 5.11. The fraction of sp³-hybridized carbons (Fsp3) is 1.00. The van der Waals surface area contributed by atoms with Crippen LogP contribution in [0.3, 0.4) is 0 Å². The van der Waals surface area contributed by atoms with E-state index in [4.69, 9.17) is 13.8 Å². The van der Waals surface area contributed by atoms with Crippen molar-refractivity contribution in [3.8, 4) is 0 Å². The van der Waals surface area contributed by atoms with Crippen molar-refractivity contribution in [2.24, 2.45) is 0 Å². The maximum absolute atomic E-state index is 12.1. The van der Waals surface area contributed by atoms with Crippen molar-refractivity contribution in [1.82, 2.24) is 0 Å². The Hall–Kier alpha value is 0.110. The Balaban J connectivity index is 2.58. The minimum absolute atomic E-state index is 0.0626. The summed E-state index contributed by atoms with van der Waals surface area (Å²) in [6.45, 7) is 5.65. The normalized spacial score (nSPS) is 23.7. The summed E-state index contributed by atoms with van der Waals surface area (Å²) in [6.07, 6.45) is 0.775. The molecule has 1 atom stereocenters. The van der Waals surface area contributed by atoms with Gasteiger partial charge in [-0.05, 0) is 20.3 Å². The second-order valence-corrected chi connectivity index (χ2v) is 5.22. The van der Waals surface area contributed by atoms with Gasteiger partial charge in [0.25, 0.3) is 0 Å². The van der Waals surface area contributed by atoms with Gasteiger partial charge in [0.2, 0.25) is 0 Å². The molecule has 0 aromatic heterocycles. The largest absolute Gasteiger partial charge is 0.380 e. The van der Waals surface area contributed by atoms with Crippen LogP contribution in [0.4, 0.5) is 0 Å². The highest BCUT2D eigenvalue weighted by Gasteiger charge is 2.37. The van der Waals surface area contributed by atoms with Crippen LogP contribution in [0.25, 0.3) is 0 Å². The van der Waals surface area contributed by atoms with E-state index in [0.29, 0.717) is 26.4 Å². The van der Waals surface area contributed by atoms with Crippen molar-refractivity contribution in [2.45, 2.75) is 25.9 Å². The van der Waals surface area contributed by atoms with Gasteiger partial charge < -0.3 is 13.8 Å². The molecule has 0 amide bonds. The Morgan fingerprint density at radius 1 is 1.38 bits per heavy atom. The Labute approximate surface area is 79.1 Å². The van der Waals surface area contributed by atoms with Gasteiger partial charge in [-0.25, -0.2) is 0 Å². The Kier molecular flexibility index (Phi) is 4.39. The summed E-state index contributed by atoms with van der Waals surface area (Å²) < 4.78 is 27.7. The zero-order valence-electron chi connectivity index (χ0n) is 8.19. The molecule has 0 N–H and O–H groups in total. The summed E-state index contributed by atoms with van der Waals surface area (Å²) in [5.41, 5.74) is -0.0626. The average molecular weight is 208 g/mol. The quantitative estimate of drug-likeness (QED) is 0.648. The van der Waals surface area contributed by atoms with Crippen molar-refractivity contribution in [3.05, 3.63) is 0 Å². The summed E-state index contributed by atoms with van der Waals surface area (Å²) in [7, 11) is -2.89. The van der Waals surface area contributed by atoms with Gasteiger partial charge in [-0.15, -0.1) is 0 Å². The van der Waals surface area contributed by atoms with E-state index < -0.39 is 7.60 Å². The van der Waals surface area contributed by atoms with E-state index in [1.807, 2.05) is 13.8 Å². The first-order valence-corrected chi connectivity index (χ1v) is 6.30. The summed E-state index contributed by atoms with van der Waals surface area (Å²) >= 11 is 0. The van der Waals surface area contributed by atoms with E-state index >= 15 is 0 Å². The molecule has 0 radical (unpaired) electrons. The van der Waals surface area contributed by atoms with E-state index in [9.17, 15) is 4.57 Å². The number of hydrogen-bond acceptors (Lipinski definition) is 4. The Morgan fingerprint density at radius 2 is 2.00 bits per heavy atom. The highest BCUT2D eigenvalue weighted by Crippen LogP contribution is 2.55. The molecule has 4 nitrogen and oxygen atoms in total. The number of ether oxygens (including phenoxy) is 1. The predicted octanol–water partition coefficient (Wildman–Crippen LogP) is 2.04. The van der Waals surface area contributed by atoms with Gasteiger partial charge in [-0.3, -0.25) is 4.57 Å². The maximum atomic E-state index is 12.1. The average Bonchev–Trinajstić information content (AvgIpc) is 2.57. The van der Waals surface area contributed by atoms with Gasteiger partial charge >= 0.3 is 7.60 Å². The first kappa shape index (κ1) is 11.2. The van der Waals surface area contributed by atoms with Crippen molar-refractivity contribution < 1.29 is 18.3 Å². The van der Waals surface area contributed by atoms with Gasteiger partial charge in [0.1, 0.15) is 0 Å². The van der Waals surface area contributed by atoms with Gasteiger partial charge in [-0.2, -0.15) is 0 Å². The van der Waals surface area contributed by atoms with Crippen LogP contribution in [-0.2, 0) is 18.3 Å². The maximum Gasteiger partial charge on any atom is 0.336 e. The molecule has 0 aromatic carbocycles. The standard InChI is InChI=1S/C8H17O4P/c1-3-11-13(9,12-4-2)8-5-6-10-7-8/h8H,3-7H2,1-2H3/t8-/m1/s1. The summed E-state index contributed by atoms with van der Waals surface area (Å²) in [6, 6.07) is 0. The molecule has 0 saturated carbocycles. The van der Waals surface area contributed by atoms with Crippen LogP contribution in [0.15, 0.2) is 0 Å². The SMILES string of the molecule is CCOP(=O)(OCC)[C@@H]1CCOC1. The molecule has 1 saturated heterocycles. The molecule has 78 valence electrons. The van der Waals surface area contributed by atoms with E-state index in [0.717, 1.165) is 6.42 Å². The van der Waals surface area contributed by atoms with Crippen LogP contribution in [-0.4, -0.2) is 32.1 Å². The predicted molar refractivity (Wildman–Crippen MR) is 50.1 cm³/mol. The third-order valence-corrected chi connectivity index (χ3v) is 4.51. The lowest BCUT2D eigenvalue weighted by atomic mass is 10.4. The fourth-order valence-corrected chi connectivity index (χ4v) is 3.31. The first-order valence-electron chi connectivity index (χ1n) is 4.69. The molecule has 0 aromatic rings. The van der Waals surface area contributed by atoms with E-state index in [-0.39, 0.29) is 5.66 Å². The minimum atomic E-state index is -2.89. The molecule has 0 unspecified atom stereocenters. The van der Waals surface area contributed by atoms with Crippen molar-refractivity contribution in [2.75, 3.05) is 26.4 Å². The van der Waals surface area contributed by atoms with Crippen LogP contribution in [0.5, 0.6) is 0 Å². The molecule has 0 bridgehead atoms. The summed E-state index contributed by atoms with van der Waals surface area (Å²) in [5, 5.41) is 0. The van der Waals surface area contributed by atoms with E-state index in [1.165, 1.54) is 0 Å². The molecule has 1 aliphatic heterocycles. The van der Waals surface area contributed by atoms with Crippen LogP contribution >= 0.6 is 7.60 Å². The molecular formula is C8H17O4P. The third-order valence-electron chi connectivity index (χ3n) is 1.97. The van der Waals surface area contributed by atoms with Crippen LogP contribution < -0.4 is 0 Å². The number of rotatable bonds is 5. The second-order valence-electron chi connectivity index (χ2n) is 2.89. The highest BCUT2D eigenvalue weighted by molar-refractivity contribution is 7.54. The smallest absolute Gasteiger partial charge is 0.336 e. The van der Waals surface area contributed by atoms with Crippen LogP contribution in [0, 0.1) is 0 Å². The topological polar surface area (TPSA) is 44.8 Å². The van der Waals surface area contributed by atoms with Crippen molar-refractivity contribution in [3.63, 3.8) is 0 Å². The van der Waals surface area contributed by atoms with E-state index in [2.05, 4.69) is 0 Å². The van der Waals surface area contributed by atoms with Crippen molar-refractivity contribution >= 4 is 7.60 Å². The molecule has 5 heteroatoms. The summed E-state index contributed by atoms with van der Waals surface area (Å²) in [5.74, 6) is 0. The van der Waals surface area contributed by atoms with Crippen molar-refractivity contribution in [1.29, 1.82) is 0 Å². The molecule has 1 fully saturated rings. The molecule has 0 aliphatic carbocycles. The Morgan fingerprint density at radius 3 is 2.38 bits per heavy atom. The lowest BCUT2D eigenvalue weighted by molar-refractivity contribution is 0.184. The van der Waals surface area contributed by atoms with Gasteiger partial charge in [0.15, 0.2) is 0 Å². The zero-order chi connectivity index (χ0) is 9.73. The lowest BCUT2D eigenvalue weighted by Crippen LogP contribution is -2.13. The molecule has 1 aliphatic rings. The van der Waals surface area contributed by atoms with Gasteiger partial charge in [0, 0.05) is 6.61 Å². The zero-order valence-corrected chi connectivity index (χ0v) is 9.09. The number of hydrogen-bond donors (Lipinski definition) is 0. The van der Waals surface area contributed by atoms with E-state index in [1.54, 1.807) is 0 Å². The third kappa shape index (κ3) is 2.78. The van der Waals surface area contributed by atoms with Gasteiger partial charge in [-0.1, -0.05) is 0 Å². The Bertz CT molecular complexity index is 179. The molecule has 13 heavy (non-hydrogen) atoms. The van der Waals surface area contributed by atoms with Crippen LogP contribution in [0.1, 0.15) is 20.3 Å². The monoisotopic (exact) mass is 208 g/mol. The van der Waals surface area contributed by atoms with Crippen LogP contribution in [0.2, 0.25) is 0 Å². The lowest BCUT2D eigenvalue weighted by Gasteiger charge is -2.21. The molecule has 1 heterocycles. The highest BCUT2D eigenvalue weighted by atomic mass is 31.2. The summed E-state index contributed by atoms with van der Waals surface area (Å²) in [4.78, 5) is 0. The molecular weight excluding hydrogens is 191 g/mol.